The first-order valence-electron chi connectivity index (χ1n) is 6.12. The molecule has 0 aliphatic carbocycles. The second kappa shape index (κ2) is 8.62. The lowest BCUT2D eigenvalue weighted by Crippen LogP contribution is -2.46. The summed E-state index contributed by atoms with van der Waals surface area (Å²) < 4.78 is 26.6. The fourth-order valence-corrected chi connectivity index (χ4v) is 2.36. The SMILES string of the molecule is Cc1ccc([C@@H](C(F)F)N2CCNCC2)c(O)c1.Cl.Cl. The summed E-state index contributed by atoms with van der Waals surface area (Å²) in [6.45, 7) is 4.38. The molecule has 1 aromatic rings. The van der Waals surface area contributed by atoms with Crippen molar-refractivity contribution >= 4 is 24.8 Å². The molecule has 0 aromatic heterocycles. The van der Waals surface area contributed by atoms with Crippen LogP contribution in [0.5, 0.6) is 5.75 Å². The van der Waals surface area contributed by atoms with E-state index in [1.54, 1.807) is 17.0 Å². The van der Waals surface area contributed by atoms with Crippen molar-refractivity contribution in [1.82, 2.24) is 10.2 Å². The van der Waals surface area contributed by atoms with Gasteiger partial charge >= 0.3 is 0 Å². The monoisotopic (exact) mass is 328 g/mol. The Hall–Kier alpha value is -0.620. The van der Waals surface area contributed by atoms with Crippen molar-refractivity contribution in [3.63, 3.8) is 0 Å². The lowest BCUT2D eigenvalue weighted by Gasteiger charge is -2.34. The average molecular weight is 329 g/mol. The van der Waals surface area contributed by atoms with Gasteiger partial charge in [0.2, 0.25) is 0 Å². The second-order valence-electron chi connectivity index (χ2n) is 4.63. The zero-order valence-electron chi connectivity index (χ0n) is 11.2. The Bertz CT molecular complexity index is 415. The molecule has 3 nitrogen and oxygen atoms in total. The number of aromatic hydroxyl groups is 1. The molecule has 7 heteroatoms. The zero-order chi connectivity index (χ0) is 13.1. The summed E-state index contributed by atoms with van der Waals surface area (Å²) >= 11 is 0. The maximum Gasteiger partial charge on any atom is 0.258 e. The number of phenolic OH excluding ortho intramolecular Hbond substituents is 1. The summed E-state index contributed by atoms with van der Waals surface area (Å²) in [5, 5.41) is 13.0. The first kappa shape index (κ1) is 19.4. The molecular formula is C13H20Cl2F2N2O. The van der Waals surface area contributed by atoms with Gasteiger partial charge in [-0.25, -0.2) is 8.78 Å². The van der Waals surface area contributed by atoms with Gasteiger partial charge in [0.25, 0.3) is 6.43 Å². The number of aryl methyl sites for hydroxylation is 1. The number of halogens is 4. The normalized spacial score (nSPS) is 17.2. The van der Waals surface area contributed by atoms with Crippen molar-refractivity contribution < 1.29 is 13.9 Å². The molecule has 20 heavy (non-hydrogen) atoms. The molecule has 0 saturated carbocycles. The van der Waals surface area contributed by atoms with E-state index in [-0.39, 0.29) is 30.6 Å². The highest BCUT2D eigenvalue weighted by Crippen LogP contribution is 2.34. The molecule has 1 saturated heterocycles. The van der Waals surface area contributed by atoms with Crippen molar-refractivity contribution in [2.24, 2.45) is 0 Å². The topological polar surface area (TPSA) is 35.5 Å². The number of piperazine rings is 1. The van der Waals surface area contributed by atoms with E-state index in [0.29, 0.717) is 31.7 Å². The van der Waals surface area contributed by atoms with Crippen molar-refractivity contribution in [2.75, 3.05) is 26.2 Å². The summed E-state index contributed by atoms with van der Waals surface area (Å²) in [7, 11) is 0. The molecule has 1 atom stereocenters. The van der Waals surface area contributed by atoms with Gasteiger partial charge in [-0.15, -0.1) is 24.8 Å². The lowest BCUT2D eigenvalue weighted by molar-refractivity contribution is 0.0170. The van der Waals surface area contributed by atoms with Crippen LogP contribution in [0, 0.1) is 6.92 Å². The number of hydrogen-bond acceptors (Lipinski definition) is 3. The largest absolute Gasteiger partial charge is 0.508 e. The van der Waals surface area contributed by atoms with Gasteiger partial charge in [-0.1, -0.05) is 12.1 Å². The number of alkyl halides is 2. The van der Waals surface area contributed by atoms with E-state index in [4.69, 9.17) is 0 Å². The molecule has 2 rings (SSSR count). The van der Waals surface area contributed by atoms with E-state index in [1.165, 1.54) is 6.07 Å². The summed E-state index contributed by atoms with van der Waals surface area (Å²) in [5.74, 6) is -0.0427. The molecule has 0 spiro atoms. The first-order chi connectivity index (χ1) is 8.59. The lowest BCUT2D eigenvalue weighted by atomic mass is 10.0. The molecule has 0 bridgehead atoms. The van der Waals surface area contributed by atoms with Crippen LogP contribution in [0.3, 0.4) is 0 Å². The molecule has 0 radical (unpaired) electrons. The number of nitrogens with one attached hydrogen (secondary N) is 1. The van der Waals surface area contributed by atoms with E-state index in [2.05, 4.69) is 5.32 Å². The van der Waals surface area contributed by atoms with Crippen LogP contribution in [0.4, 0.5) is 8.78 Å². The Balaban J connectivity index is 0.00000180. The number of hydrogen-bond donors (Lipinski definition) is 2. The third-order valence-electron chi connectivity index (χ3n) is 3.29. The predicted octanol–water partition coefficient (Wildman–Crippen LogP) is 2.76. The zero-order valence-corrected chi connectivity index (χ0v) is 12.8. The molecule has 1 aromatic carbocycles. The summed E-state index contributed by atoms with van der Waals surface area (Å²) in [4.78, 5) is 1.73. The number of phenols is 1. The molecule has 116 valence electrons. The fraction of sp³-hybridized carbons (Fsp3) is 0.538. The first-order valence-corrected chi connectivity index (χ1v) is 6.12. The Kier molecular flexibility index (Phi) is 8.35. The van der Waals surface area contributed by atoms with Crippen LogP contribution in [-0.2, 0) is 0 Å². The highest BCUT2D eigenvalue weighted by molar-refractivity contribution is 5.85. The van der Waals surface area contributed by atoms with Gasteiger partial charge in [0, 0.05) is 31.7 Å². The van der Waals surface area contributed by atoms with Crippen LogP contribution in [-0.4, -0.2) is 42.6 Å². The Morgan fingerprint density at radius 3 is 2.30 bits per heavy atom. The third-order valence-corrected chi connectivity index (χ3v) is 3.29. The van der Waals surface area contributed by atoms with Crippen molar-refractivity contribution in [2.45, 2.75) is 19.4 Å². The molecule has 2 N–H and O–H groups in total. The highest BCUT2D eigenvalue weighted by Gasteiger charge is 2.31. The maximum atomic E-state index is 13.3. The minimum Gasteiger partial charge on any atom is -0.508 e. The minimum atomic E-state index is -2.50. The summed E-state index contributed by atoms with van der Waals surface area (Å²) in [6, 6.07) is 3.87. The minimum absolute atomic E-state index is 0. The Morgan fingerprint density at radius 1 is 1.20 bits per heavy atom. The molecule has 1 fully saturated rings. The van der Waals surface area contributed by atoms with Crippen molar-refractivity contribution in [3.8, 4) is 5.75 Å². The van der Waals surface area contributed by atoms with E-state index in [9.17, 15) is 13.9 Å². The average Bonchev–Trinajstić information content (AvgIpc) is 2.33. The van der Waals surface area contributed by atoms with Crippen LogP contribution in [0.2, 0.25) is 0 Å². The highest BCUT2D eigenvalue weighted by atomic mass is 35.5. The quantitative estimate of drug-likeness (QED) is 0.895. The van der Waals surface area contributed by atoms with Crippen LogP contribution in [0.25, 0.3) is 0 Å². The molecule has 0 unspecified atom stereocenters. The van der Waals surface area contributed by atoms with Gasteiger partial charge in [-0.05, 0) is 18.6 Å². The predicted molar refractivity (Wildman–Crippen MR) is 80.5 cm³/mol. The standard InChI is InChI=1S/C13H18F2N2O.2ClH/c1-9-2-3-10(11(18)8-9)12(13(14)15)17-6-4-16-5-7-17;;/h2-3,8,12-13,16,18H,4-7H2,1H3;2*1H/t12-;;/m0../s1. The summed E-state index contributed by atoms with van der Waals surface area (Å²) in [5.41, 5.74) is 1.18. The van der Waals surface area contributed by atoms with Crippen LogP contribution in [0.15, 0.2) is 18.2 Å². The van der Waals surface area contributed by atoms with Gasteiger partial charge in [-0.2, -0.15) is 0 Å². The number of benzene rings is 1. The van der Waals surface area contributed by atoms with Crippen LogP contribution < -0.4 is 5.32 Å². The van der Waals surface area contributed by atoms with Crippen LogP contribution >= 0.6 is 24.8 Å². The van der Waals surface area contributed by atoms with Gasteiger partial charge in [0.15, 0.2) is 0 Å². The third kappa shape index (κ3) is 4.45. The van der Waals surface area contributed by atoms with Gasteiger partial charge in [0.05, 0.1) is 6.04 Å². The summed E-state index contributed by atoms with van der Waals surface area (Å²) in [6.07, 6.45) is -2.50. The van der Waals surface area contributed by atoms with Gasteiger partial charge < -0.3 is 10.4 Å². The van der Waals surface area contributed by atoms with E-state index < -0.39 is 12.5 Å². The molecule has 1 aliphatic rings. The van der Waals surface area contributed by atoms with Gasteiger partial charge in [-0.3, -0.25) is 4.90 Å². The van der Waals surface area contributed by atoms with E-state index in [0.717, 1.165) is 5.56 Å². The molecule has 1 heterocycles. The second-order valence-corrected chi connectivity index (χ2v) is 4.63. The molecule has 1 aliphatic heterocycles. The molecular weight excluding hydrogens is 309 g/mol. The van der Waals surface area contributed by atoms with Gasteiger partial charge in [0.1, 0.15) is 5.75 Å². The Labute approximate surface area is 130 Å². The maximum absolute atomic E-state index is 13.3. The molecule has 0 amide bonds. The van der Waals surface area contributed by atoms with Crippen molar-refractivity contribution in [1.29, 1.82) is 0 Å². The van der Waals surface area contributed by atoms with E-state index in [1.807, 2.05) is 6.92 Å². The Morgan fingerprint density at radius 2 is 1.80 bits per heavy atom. The van der Waals surface area contributed by atoms with Crippen molar-refractivity contribution in [3.05, 3.63) is 29.3 Å². The van der Waals surface area contributed by atoms with Crippen LogP contribution in [0.1, 0.15) is 17.2 Å². The smallest absolute Gasteiger partial charge is 0.258 e. The number of rotatable bonds is 3. The van der Waals surface area contributed by atoms with E-state index >= 15 is 0 Å². The fourth-order valence-electron chi connectivity index (χ4n) is 2.36. The number of nitrogens with zero attached hydrogens (tertiary/aromatic N) is 1.